The minimum Gasteiger partial charge on any atom is -0.444 e. The maximum Gasteiger partial charge on any atom is 0.410 e. The van der Waals surface area contributed by atoms with Gasteiger partial charge in [-0.3, -0.25) is 14.4 Å². The largest absolute Gasteiger partial charge is 0.444 e. The highest BCUT2D eigenvalue weighted by atomic mass is 35.5. The van der Waals surface area contributed by atoms with Gasteiger partial charge in [0.25, 0.3) is 0 Å². The first kappa shape index (κ1) is 28.7. The van der Waals surface area contributed by atoms with E-state index in [1.807, 2.05) is 0 Å². The van der Waals surface area contributed by atoms with Gasteiger partial charge in [-0.25, -0.2) is 27.1 Å². The standard InChI is InChI=1S/C24H28ClFN6O6S/c1-24(2,3)38-23(35)30-12-21-20(31-10-15(7-22(31)34)29-39(4,36)37)9-28-32(21)11-16(30)5-14-6-18(26)17(25)8-19(14)27-13-33/h6,8-9,15-16,29H,5,7,10-12H2,1-4H3/t15?,16-/m0/s1. The number of fused-ring (bicyclic) bond motifs is 1. The van der Waals surface area contributed by atoms with Crippen molar-refractivity contribution in [3.05, 3.63) is 40.4 Å². The molecule has 39 heavy (non-hydrogen) atoms. The Labute approximate surface area is 229 Å². The number of rotatable bonds is 6. The second-order valence-corrected chi connectivity index (χ2v) is 12.7. The average molecular weight is 583 g/mol. The van der Waals surface area contributed by atoms with Crippen molar-refractivity contribution in [2.75, 3.05) is 17.7 Å². The highest BCUT2D eigenvalue weighted by Crippen LogP contribution is 2.34. The monoisotopic (exact) mass is 582 g/mol. The molecule has 0 saturated carbocycles. The lowest BCUT2D eigenvalue weighted by Crippen LogP contribution is -2.49. The van der Waals surface area contributed by atoms with Gasteiger partial charge in [-0.2, -0.15) is 10.1 Å². The number of ether oxygens (including phenoxy) is 1. The molecule has 3 heterocycles. The molecule has 4 rings (SSSR count). The number of carbonyl (C=O) groups is 2. The fourth-order valence-electron chi connectivity index (χ4n) is 4.71. The summed E-state index contributed by atoms with van der Waals surface area (Å²) in [5, 5.41) is 4.20. The first-order valence-electron chi connectivity index (χ1n) is 12.0. The molecule has 1 unspecified atom stereocenters. The van der Waals surface area contributed by atoms with Crippen LogP contribution < -0.4 is 9.62 Å². The first-order valence-corrected chi connectivity index (χ1v) is 14.3. The van der Waals surface area contributed by atoms with Crippen LogP contribution in [0.15, 0.2) is 23.3 Å². The number of aromatic nitrogens is 2. The van der Waals surface area contributed by atoms with E-state index >= 15 is 0 Å². The third-order valence-corrected chi connectivity index (χ3v) is 7.29. The highest BCUT2D eigenvalue weighted by molar-refractivity contribution is 7.88. The van der Waals surface area contributed by atoms with E-state index in [9.17, 15) is 27.2 Å². The number of hydrogen-bond donors (Lipinski definition) is 1. The zero-order valence-corrected chi connectivity index (χ0v) is 23.3. The van der Waals surface area contributed by atoms with E-state index in [0.717, 1.165) is 12.3 Å². The van der Waals surface area contributed by atoms with Gasteiger partial charge in [-0.05, 0) is 44.9 Å². The van der Waals surface area contributed by atoms with Crippen molar-refractivity contribution < 1.29 is 31.9 Å². The number of hydrogen-bond acceptors (Lipinski definition) is 8. The molecular formula is C24H28ClFN6O6S. The summed E-state index contributed by atoms with van der Waals surface area (Å²) < 4.78 is 47.4. The second kappa shape index (κ2) is 10.7. The van der Waals surface area contributed by atoms with Gasteiger partial charge in [-0.1, -0.05) is 11.6 Å². The SMILES string of the molecule is CC(C)(C)OC(=O)N1Cc2c(N3CC(NS(C)(=O)=O)CC3=O)cnn2C[C@@H]1Cc1cc(F)c(Cl)cc1N=C=O. The summed E-state index contributed by atoms with van der Waals surface area (Å²) in [5.74, 6) is -0.992. The van der Waals surface area contributed by atoms with E-state index in [2.05, 4.69) is 14.8 Å². The molecule has 1 aromatic heterocycles. The molecule has 1 aromatic carbocycles. The molecule has 2 aliphatic heterocycles. The van der Waals surface area contributed by atoms with Crippen LogP contribution in [-0.2, 0) is 43.9 Å². The molecule has 2 aromatic rings. The van der Waals surface area contributed by atoms with Crippen LogP contribution in [-0.4, -0.2) is 71.7 Å². The number of nitrogens with zero attached hydrogens (tertiary/aromatic N) is 5. The normalized spacial score (nSPS) is 19.6. The van der Waals surface area contributed by atoms with E-state index in [1.165, 1.54) is 28.1 Å². The van der Waals surface area contributed by atoms with Crippen molar-refractivity contribution in [1.82, 2.24) is 19.4 Å². The second-order valence-electron chi connectivity index (χ2n) is 10.5. The molecule has 1 N–H and O–H groups in total. The Morgan fingerprint density at radius 3 is 2.69 bits per heavy atom. The van der Waals surface area contributed by atoms with Crippen molar-refractivity contribution in [1.29, 1.82) is 0 Å². The van der Waals surface area contributed by atoms with Crippen molar-refractivity contribution >= 4 is 51.1 Å². The van der Waals surface area contributed by atoms with Gasteiger partial charge in [0.2, 0.25) is 22.0 Å². The molecule has 0 aliphatic carbocycles. The van der Waals surface area contributed by atoms with Crippen LogP contribution >= 0.6 is 11.6 Å². The smallest absolute Gasteiger partial charge is 0.410 e. The predicted molar refractivity (Wildman–Crippen MR) is 139 cm³/mol. The van der Waals surface area contributed by atoms with Gasteiger partial charge < -0.3 is 9.64 Å². The summed E-state index contributed by atoms with van der Waals surface area (Å²) >= 11 is 5.87. The number of isocyanates is 1. The topological polar surface area (TPSA) is 143 Å². The quantitative estimate of drug-likeness (QED) is 0.407. The van der Waals surface area contributed by atoms with Gasteiger partial charge in [0, 0.05) is 19.0 Å². The molecular weight excluding hydrogens is 555 g/mol. The van der Waals surface area contributed by atoms with Crippen LogP contribution in [0.4, 0.5) is 20.6 Å². The lowest BCUT2D eigenvalue weighted by molar-refractivity contribution is -0.117. The van der Waals surface area contributed by atoms with Crippen molar-refractivity contribution in [2.24, 2.45) is 4.99 Å². The number of amides is 2. The summed E-state index contributed by atoms with van der Waals surface area (Å²) in [7, 11) is -3.51. The molecule has 2 aliphatic rings. The van der Waals surface area contributed by atoms with Crippen LogP contribution in [0.2, 0.25) is 5.02 Å². The molecule has 2 atom stereocenters. The van der Waals surface area contributed by atoms with Gasteiger partial charge in [0.1, 0.15) is 11.4 Å². The molecule has 0 bridgehead atoms. The minimum absolute atomic E-state index is 0.00518. The Kier molecular flexibility index (Phi) is 7.86. The summed E-state index contributed by atoms with van der Waals surface area (Å²) in [4.78, 5) is 43.6. The van der Waals surface area contributed by atoms with Crippen molar-refractivity contribution in [2.45, 2.75) is 64.4 Å². The van der Waals surface area contributed by atoms with Gasteiger partial charge in [0.05, 0.1) is 53.7 Å². The number of halogens is 2. The number of benzene rings is 1. The molecule has 1 saturated heterocycles. The molecule has 15 heteroatoms. The fraction of sp³-hybridized carbons (Fsp3) is 0.500. The van der Waals surface area contributed by atoms with Gasteiger partial charge in [0.15, 0.2) is 0 Å². The molecule has 0 spiro atoms. The summed E-state index contributed by atoms with van der Waals surface area (Å²) in [6, 6.07) is 1.19. The Bertz CT molecular complexity index is 1470. The number of nitrogens with one attached hydrogen (secondary N) is 1. The zero-order valence-electron chi connectivity index (χ0n) is 21.8. The van der Waals surface area contributed by atoms with E-state index in [0.29, 0.717) is 16.9 Å². The van der Waals surface area contributed by atoms with Crippen LogP contribution in [0.3, 0.4) is 0 Å². The maximum absolute atomic E-state index is 14.3. The van der Waals surface area contributed by atoms with E-state index in [4.69, 9.17) is 16.3 Å². The van der Waals surface area contributed by atoms with E-state index in [-0.39, 0.29) is 49.1 Å². The van der Waals surface area contributed by atoms with Crippen molar-refractivity contribution in [3.63, 3.8) is 0 Å². The maximum atomic E-state index is 14.3. The number of carbonyl (C=O) groups excluding carboxylic acids is 3. The number of sulfonamides is 1. The summed E-state index contributed by atoms with van der Waals surface area (Å²) in [6.45, 7) is 5.45. The molecule has 2 amide bonds. The van der Waals surface area contributed by atoms with Crippen LogP contribution in [0.25, 0.3) is 0 Å². The number of aliphatic imine (C=N–C) groups is 1. The Hall–Kier alpha value is -3.32. The third-order valence-electron chi connectivity index (χ3n) is 6.24. The predicted octanol–water partition coefficient (Wildman–Crippen LogP) is 2.66. The molecule has 12 nitrogen and oxygen atoms in total. The summed E-state index contributed by atoms with van der Waals surface area (Å²) in [6.07, 6.45) is 3.40. The van der Waals surface area contributed by atoms with E-state index in [1.54, 1.807) is 25.5 Å². The lowest BCUT2D eigenvalue weighted by Gasteiger charge is -2.38. The third kappa shape index (κ3) is 6.64. The zero-order chi connectivity index (χ0) is 28.7. The first-order chi connectivity index (χ1) is 18.1. The average Bonchev–Trinajstić information content (AvgIpc) is 3.36. The van der Waals surface area contributed by atoms with Crippen LogP contribution in [0.5, 0.6) is 0 Å². The summed E-state index contributed by atoms with van der Waals surface area (Å²) in [5.41, 5.74) is 0.655. The highest BCUT2D eigenvalue weighted by Gasteiger charge is 2.39. The fourth-order valence-corrected chi connectivity index (χ4v) is 5.64. The lowest BCUT2D eigenvalue weighted by atomic mass is 10.0. The molecule has 0 radical (unpaired) electrons. The number of anilines is 1. The Balaban J connectivity index is 1.68. The van der Waals surface area contributed by atoms with Gasteiger partial charge in [-0.15, -0.1) is 0 Å². The van der Waals surface area contributed by atoms with Crippen molar-refractivity contribution in [3.8, 4) is 0 Å². The Morgan fingerprint density at radius 1 is 1.33 bits per heavy atom. The Morgan fingerprint density at radius 2 is 2.05 bits per heavy atom. The molecule has 210 valence electrons. The van der Waals surface area contributed by atoms with E-state index < -0.39 is 39.6 Å². The van der Waals surface area contributed by atoms with Crippen LogP contribution in [0.1, 0.15) is 38.4 Å². The molecule has 1 fully saturated rings. The van der Waals surface area contributed by atoms with Gasteiger partial charge >= 0.3 is 6.09 Å². The van der Waals surface area contributed by atoms with Crippen LogP contribution in [0, 0.1) is 5.82 Å². The minimum atomic E-state index is -3.51.